The van der Waals surface area contributed by atoms with Crippen LogP contribution in [0, 0.1) is 11.7 Å². The monoisotopic (exact) mass is 346 g/mol. The minimum absolute atomic E-state index is 0. The van der Waals surface area contributed by atoms with E-state index in [9.17, 15) is 9.18 Å². The topological polar surface area (TPSA) is 46.3 Å². The molecule has 0 radical (unpaired) electrons. The van der Waals surface area contributed by atoms with Gasteiger partial charge in [-0.3, -0.25) is 4.79 Å². The quantitative estimate of drug-likeness (QED) is 0.832. The van der Waals surface area contributed by atoms with Gasteiger partial charge in [-0.25, -0.2) is 4.39 Å². The van der Waals surface area contributed by atoms with Crippen LogP contribution in [0.1, 0.15) is 26.2 Å². The Morgan fingerprint density at radius 2 is 1.95 bits per heavy atom. The Morgan fingerprint density at radius 1 is 1.36 bits per heavy atom. The third-order valence-electron chi connectivity index (χ3n) is 4.03. The lowest BCUT2D eigenvalue weighted by Gasteiger charge is -2.33. The minimum Gasteiger partial charge on any atom is -0.343 e. The van der Waals surface area contributed by atoms with E-state index in [0.717, 1.165) is 36.6 Å². The van der Waals surface area contributed by atoms with Gasteiger partial charge in [0.1, 0.15) is 5.82 Å². The maximum Gasteiger partial charge on any atom is 0.223 e. The summed E-state index contributed by atoms with van der Waals surface area (Å²) in [5, 5.41) is 0. The highest BCUT2D eigenvalue weighted by Gasteiger charge is 2.24. The Balaban J connectivity index is 0.00000242. The van der Waals surface area contributed by atoms with Crippen LogP contribution >= 0.6 is 24.2 Å². The smallest absolute Gasteiger partial charge is 0.223 e. The Kier molecular flexibility index (Phi) is 8.21. The van der Waals surface area contributed by atoms with Gasteiger partial charge in [0.05, 0.1) is 0 Å². The molecule has 0 aliphatic carbocycles. The maximum absolute atomic E-state index is 12.8. The summed E-state index contributed by atoms with van der Waals surface area (Å²) >= 11 is 1.59. The molecule has 0 saturated carbocycles. The first kappa shape index (κ1) is 19.3. The van der Waals surface area contributed by atoms with Crippen molar-refractivity contribution in [1.29, 1.82) is 0 Å². The van der Waals surface area contributed by atoms with E-state index in [0.29, 0.717) is 12.3 Å². The van der Waals surface area contributed by atoms with Crippen LogP contribution in [-0.2, 0) is 4.79 Å². The Morgan fingerprint density at radius 3 is 2.50 bits per heavy atom. The molecule has 6 heteroatoms. The number of likely N-dealkylation sites (tertiary alicyclic amines) is 1. The van der Waals surface area contributed by atoms with Gasteiger partial charge in [0.15, 0.2) is 0 Å². The van der Waals surface area contributed by atoms with E-state index < -0.39 is 0 Å². The molecule has 1 aromatic rings. The fourth-order valence-electron chi connectivity index (χ4n) is 2.62. The summed E-state index contributed by atoms with van der Waals surface area (Å²) in [4.78, 5) is 15.1. The van der Waals surface area contributed by atoms with E-state index in [1.807, 2.05) is 11.8 Å². The molecule has 1 fully saturated rings. The lowest BCUT2D eigenvalue weighted by Crippen LogP contribution is -2.42. The highest BCUT2D eigenvalue weighted by molar-refractivity contribution is 7.99. The molecule has 1 aliphatic heterocycles. The number of rotatable bonds is 5. The number of hydrogen-bond donors (Lipinski definition) is 1. The van der Waals surface area contributed by atoms with Gasteiger partial charge in [-0.15, -0.1) is 24.2 Å². The number of halogens is 2. The molecule has 2 N–H and O–H groups in total. The standard InChI is InChI=1S/C16H23FN2OS.ClH/c1-12(18)13-6-9-19(10-7-13)16(20)8-11-21-15-4-2-14(17)3-5-15;/h2-5,12-13H,6-11,18H2,1H3;1H. The number of hydrogen-bond acceptors (Lipinski definition) is 3. The van der Waals surface area contributed by atoms with E-state index in [1.165, 1.54) is 12.1 Å². The van der Waals surface area contributed by atoms with Gasteiger partial charge in [0.2, 0.25) is 5.91 Å². The van der Waals surface area contributed by atoms with Crippen LogP contribution in [0.15, 0.2) is 29.2 Å². The summed E-state index contributed by atoms with van der Waals surface area (Å²) < 4.78 is 12.8. The zero-order chi connectivity index (χ0) is 15.2. The van der Waals surface area contributed by atoms with Gasteiger partial charge >= 0.3 is 0 Å². The lowest BCUT2D eigenvalue weighted by atomic mass is 9.91. The van der Waals surface area contributed by atoms with Crippen LogP contribution < -0.4 is 5.73 Å². The molecule has 1 aromatic carbocycles. The number of thioether (sulfide) groups is 1. The van der Waals surface area contributed by atoms with Crippen molar-refractivity contribution < 1.29 is 9.18 Å². The van der Waals surface area contributed by atoms with Crippen molar-refractivity contribution >= 4 is 30.1 Å². The number of carbonyl (C=O) groups excluding carboxylic acids is 1. The second-order valence-electron chi connectivity index (χ2n) is 5.63. The van der Waals surface area contributed by atoms with Crippen LogP contribution in [0.3, 0.4) is 0 Å². The molecule has 3 nitrogen and oxygen atoms in total. The average Bonchev–Trinajstić information content (AvgIpc) is 2.49. The first-order valence-electron chi connectivity index (χ1n) is 7.48. The van der Waals surface area contributed by atoms with Crippen molar-refractivity contribution in [3.8, 4) is 0 Å². The van der Waals surface area contributed by atoms with Crippen molar-refractivity contribution in [3.63, 3.8) is 0 Å². The number of benzene rings is 1. The molecule has 1 saturated heterocycles. The third-order valence-corrected chi connectivity index (χ3v) is 5.05. The van der Waals surface area contributed by atoms with Crippen molar-refractivity contribution in [1.82, 2.24) is 4.90 Å². The summed E-state index contributed by atoms with van der Waals surface area (Å²) in [6, 6.07) is 6.61. The highest BCUT2D eigenvalue weighted by Crippen LogP contribution is 2.22. The third kappa shape index (κ3) is 5.78. The zero-order valence-corrected chi connectivity index (χ0v) is 14.5. The normalized spacial score (nSPS) is 17.0. The summed E-state index contributed by atoms with van der Waals surface area (Å²) in [6.45, 7) is 3.69. The van der Waals surface area contributed by atoms with E-state index in [-0.39, 0.29) is 30.2 Å². The van der Waals surface area contributed by atoms with Gasteiger partial charge < -0.3 is 10.6 Å². The van der Waals surface area contributed by atoms with E-state index in [2.05, 4.69) is 0 Å². The summed E-state index contributed by atoms with van der Waals surface area (Å²) in [7, 11) is 0. The number of amides is 1. The molecule has 0 spiro atoms. The maximum atomic E-state index is 12.8. The molecule has 1 heterocycles. The molecule has 0 aromatic heterocycles. The van der Waals surface area contributed by atoms with Crippen LogP contribution in [0.2, 0.25) is 0 Å². The van der Waals surface area contributed by atoms with Crippen LogP contribution in [0.5, 0.6) is 0 Å². The van der Waals surface area contributed by atoms with Crippen molar-refractivity contribution in [2.24, 2.45) is 11.7 Å². The van der Waals surface area contributed by atoms with Gasteiger partial charge in [-0.2, -0.15) is 0 Å². The Labute approximate surface area is 142 Å². The first-order valence-corrected chi connectivity index (χ1v) is 8.46. The largest absolute Gasteiger partial charge is 0.343 e. The summed E-state index contributed by atoms with van der Waals surface area (Å²) in [5.74, 6) is 1.26. The molecule has 124 valence electrons. The van der Waals surface area contributed by atoms with Gasteiger partial charge in [-0.05, 0) is 49.9 Å². The molecule has 2 rings (SSSR count). The van der Waals surface area contributed by atoms with Crippen LogP contribution in [0.25, 0.3) is 0 Å². The molecular formula is C16H24ClFN2OS. The van der Waals surface area contributed by atoms with Crippen molar-refractivity contribution in [2.75, 3.05) is 18.8 Å². The predicted octanol–water partition coefficient (Wildman–Crippen LogP) is 3.32. The zero-order valence-electron chi connectivity index (χ0n) is 12.8. The average molecular weight is 347 g/mol. The SMILES string of the molecule is CC(N)C1CCN(C(=O)CCSc2ccc(F)cc2)CC1.Cl. The molecule has 1 atom stereocenters. The second kappa shape index (κ2) is 9.38. The molecule has 1 amide bonds. The molecular weight excluding hydrogens is 323 g/mol. The Hall–Kier alpha value is -0.780. The second-order valence-corrected chi connectivity index (χ2v) is 6.80. The fourth-order valence-corrected chi connectivity index (χ4v) is 3.46. The number of nitrogens with two attached hydrogens (primary N) is 1. The van der Waals surface area contributed by atoms with E-state index in [1.54, 1.807) is 23.9 Å². The first-order chi connectivity index (χ1) is 10.1. The van der Waals surface area contributed by atoms with Crippen molar-refractivity contribution in [2.45, 2.75) is 37.1 Å². The molecule has 0 bridgehead atoms. The van der Waals surface area contributed by atoms with Gasteiger partial charge in [-0.1, -0.05) is 0 Å². The lowest BCUT2D eigenvalue weighted by molar-refractivity contribution is -0.132. The van der Waals surface area contributed by atoms with E-state index >= 15 is 0 Å². The van der Waals surface area contributed by atoms with Gasteiger partial charge in [0, 0.05) is 36.2 Å². The number of piperidine rings is 1. The molecule has 22 heavy (non-hydrogen) atoms. The number of carbonyl (C=O) groups is 1. The minimum atomic E-state index is -0.229. The van der Waals surface area contributed by atoms with Crippen LogP contribution in [-0.4, -0.2) is 35.7 Å². The molecule has 1 aliphatic rings. The molecule has 1 unspecified atom stereocenters. The van der Waals surface area contributed by atoms with Crippen LogP contribution in [0.4, 0.5) is 4.39 Å². The van der Waals surface area contributed by atoms with E-state index in [4.69, 9.17) is 5.73 Å². The highest BCUT2D eigenvalue weighted by atomic mass is 35.5. The number of nitrogens with zero attached hydrogens (tertiary/aromatic N) is 1. The Bertz CT molecular complexity index is 462. The van der Waals surface area contributed by atoms with Crippen molar-refractivity contribution in [3.05, 3.63) is 30.1 Å². The predicted molar refractivity (Wildman–Crippen MR) is 91.9 cm³/mol. The fraction of sp³-hybridized carbons (Fsp3) is 0.562. The summed E-state index contributed by atoms with van der Waals surface area (Å²) in [5.41, 5.74) is 5.91. The van der Waals surface area contributed by atoms with Gasteiger partial charge in [0.25, 0.3) is 0 Å². The summed E-state index contributed by atoms with van der Waals surface area (Å²) in [6.07, 6.45) is 2.55.